The summed E-state index contributed by atoms with van der Waals surface area (Å²) >= 11 is 0. The van der Waals surface area contributed by atoms with E-state index in [2.05, 4.69) is 6.58 Å². The molecule has 0 amide bonds. The first-order chi connectivity index (χ1) is 13.0. The maximum absolute atomic E-state index is 12.4. The third-order valence-corrected chi connectivity index (χ3v) is 6.77. The summed E-state index contributed by atoms with van der Waals surface area (Å²) in [5.74, 6) is -3.45. The number of epoxide rings is 1. The minimum absolute atomic E-state index is 0.199. The fourth-order valence-electron chi connectivity index (χ4n) is 4.91. The Balaban J connectivity index is 1.79. The Morgan fingerprint density at radius 1 is 1.32 bits per heavy atom. The van der Waals surface area contributed by atoms with Crippen molar-refractivity contribution in [1.82, 2.24) is 0 Å². The number of ether oxygens (including phenoxy) is 5. The lowest BCUT2D eigenvalue weighted by Crippen LogP contribution is -2.48. The average Bonchev–Trinajstić information content (AvgIpc) is 3.11. The van der Waals surface area contributed by atoms with Crippen LogP contribution < -0.4 is 0 Å². The minimum atomic E-state index is -1.61. The van der Waals surface area contributed by atoms with Crippen LogP contribution in [0.2, 0.25) is 0 Å². The average molecular weight is 396 g/mol. The zero-order valence-electron chi connectivity index (χ0n) is 16.9. The van der Waals surface area contributed by atoms with Crippen molar-refractivity contribution in [2.75, 3.05) is 7.11 Å². The molecule has 8 heteroatoms. The normalized spacial score (nSPS) is 49.6. The van der Waals surface area contributed by atoms with Crippen molar-refractivity contribution in [1.29, 1.82) is 0 Å². The molecule has 4 saturated heterocycles. The van der Waals surface area contributed by atoms with Crippen LogP contribution in [0.25, 0.3) is 0 Å². The van der Waals surface area contributed by atoms with Gasteiger partial charge in [0.05, 0.1) is 23.5 Å². The summed E-state index contributed by atoms with van der Waals surface area (Å²) in [6.45, 7) is 10.9. The number of aliphatic hydroxyl groups is 1. The maximum atomic E-state index is 12.4. The van der Waals surface area contributed by atoms with Crippen LogP contribution in [0.1, 0.15) is 40.5 Å². The highest BCUT2D eigenvalue weighted by molar-refractivity contribution is 5.91. The predicted molar refractivity (Wildman–Crippen MR) is 95.0 cm³/mol. The van der Waals surface area contributed by atoms with Gasteiger partial charge in [0, 0.05) is 25.5 Å². The van der Waals surface area contributed by atoms with Crippen molar-refractivity contribution in [3.63, 3.8) is 0 Å². The molecule has 0 saturated carbocycles. The highest BCUT2D eigenvalue weighted by Crippen LogP contribution is 2.60. The Morgan fingerprint density at radius 2 is 2.00 bits per heavy atom. The Morgan fingerprint density at radius 3 is 2.61 bits per heavy atom. The quantitative estimate of drug-likeness (QED) is 0.430. The largest absolute Gasteiger partial charge is 0.461 e. The highest BCUT2D eigenvalue weighted by atomic mass is 16.7. The molecule has 4 heterocycles. The SMILES string of the molecule is C=C1C(=O)O[C@H]2[C@@H]1[C@H](OC(=O)C(C)C)C[C@@]1(C)O[C@](O)(C[C@H]1OC)[C@]1(C)O[C@H]21. The predicted octanol–water partition coefficient (Wildman–Crippen LogP) is 1.10. The maximum Gasteiger partial charge on any atom is 0.334 e. The molecule has 0 unspecified atom stereocenters. The molecule has 0 aromatic heterocycles. The van der Waals surface area contributed by atoms with E-state index in [1.807, 2.05) is 6.92 Å². The summed E-state index contributed by atoms with van der Waals surface area (Å²) < 4.78 is 29.0. The Bertz CT molecular complexity index is 734. The molecule has 0 spiro atoms. The second-order valence-electron chi connectivity index (χ2n) is 9.03. The number of carbonyl (C=O) groups is 2. The molecule has 0 aromatic rings. The zero-order valence-corrected chi connectivity index (χ0v) is 16.9. The first-order valence-corrected chi connectivity index (χ1v) is 9.69. The molecule has 4 aliphatic rings. The Kier molecular flexibility index (Phi) is 4.26. The monoisotopic (exact) mass is 396 g/mol. The molecule has 0 radical (unpaired) electrons. The molecule has 8 nitrogen and oxygen atoms in total. The van der Waals surface area contributed by atoms with Crippen molar-refractivity contribution in [2.45, 2.75) is 81.9 Å². The van der Waals surface area contributed by atoms with Crippen LogP contribution in [0.15, 0.2) is 12.2 Å². The molecule has 1 N–H and O–H groups in total. The van der Waals surface area contributed by atoms with Crippen LogP contribution >= 0.6 is 0 Å². The molecular weight excluding hydrogens is 368 g/mol. The van der Waals surface area contributed by atoms with Crippen LogP contribution in [0, 0.1) is 11.8 Å². The van der Waals surface area contributed by atoms with Crippen LogP contribution in [0.4, 0.5) is 0 Å². The number of fused-ring (bicyclic) bond motifs is 6. The van der Waals surface area contributed by atoms with Crippen LogP contribution in [0.3, 0.4) is 0 Å². The summed E-state index contributed by atoms with van der Waals surface area (Å²) in [6.07, 6.45) is -2.04. The van der Waals surface area contributed by atoms with E-state index >= 15 is 0 Å². The van der Waals surface area contributed by atoms with Crippen molar-refractivity contribution in [2.24, 2.45) is 11.8 Å². The van der Waals surface area contributed by atoms with Gasteiger partial charge in [-0.05, 0) is 13.8 Å². The lowest BCUT2D eigenvalue weighted by molar-refractivity contribution is -0.258. The van der Waals surface area contributed by atoms with Crippen LogP contribution in [-0.4, -0.2) is 65.6 Å². The van der Waals surface area contributed by atoms with Gasteiger partial charge in [-0.2, -0.15) is 0 Å². The molecule has 8 atom stereocenters. The smallest absolute Gasteiger partial charge is 0.334 e. The topological polar surface area (TPSA) is 104 Å². The van der Waals surface area contributed by atoms with Gasteiger partial charge < -0.3 is 28.8 Å². The molecule has 0 aromatic carbocycles. The van der Waals surface area contributed by atoms with Crippen molar-refractivity contribution in [3.8, 4) is 0 Å². The number of hydrogen-bond donors (Lipinski definition) is 1. The van der Waals surface area contributed by atoms with Crippen molar-refractivity contribution >= 4 is 11.9 Å². The zero-order chi connectivity index (χ0) is 20.6. The van der Waals surface area contributed by atoms with E-state index in [1.54, 1.807) is 27.9 Å². The van der Waals surface area contributed by atoms with Crippen LogP contribution in [-0.2, 0) is 33.3 Å². The molecular formula is C20H28O8. The molecule has 2 bridgehead atoms. The molecule has 4 rings (SSSR count). The second kappa shape index (κ2) is 6.01. The lowest BCUT2D eigenvalue weighted by Gasteiger charge is -2.36. The van der Waals surface area contributed by atoms with Gasteiger partial charge in [-0.3, -0.25) is 4.79 Å². The molecule has 0 aliphatic carbocycles. The van der Waals surface area contributed by atoms with Gasteiger partial charge in [-0.15, -0.1) is 0 Å². The van der Waals surface area contributed by atoms with Gasteiger partial charge in [0.2, 0.25) is 5.79 Å². The van der Waals surface area contributed by atoms with Gasteiger partial charge in [0.15, 0.2) is 0 Å². The second-order valence-corrected chi connectivity index (χ2v) is 9.03. The van der Waals surface area contributed by atoms with Crippen LogP contribution in [0.5, 0.6) is 0 Å². The number of carbonyl (C=O) groups excluding carboxylic acids is 2. The summed E-state index contributed by atoms with van der Waals surface area (Å²) in [6, 6.07) is 0. The molecule has 4 fully saturated rings. The molecule has 28 heavy (non-hydrogen) atoms. The van der Waals surface area contributed by atoms with Gasteiger partial charge in [0.1, 0.15) is 23.9 Å². The van der Waals surface area contributed by atoms with E-state index in [0.717, 1.165) is 0 Å². The van der Waals surface area contributed by atoms with E-state index in [0.29, 0.717) is 0 Å². The van der Waals surface area contributed by atoms with E-state index in [4.69, 9.17) is 23.7 Å². The van der Waals surface area contributed by atoms with Crippen molar-refractivity contribution in [3.05, 3.63) is 12.2 Å². The van der Waals surface area contributed by atoms with Gasteiger partial charge in [-0.25, -0.2) is 4.79 Å². The fraction of sp³-hybridized carbons (Fsp3) is 0.800. The molecule has 156 valence electrons. The molecule has 4 aliphatic heterocycles. The van der Waals surface area contributed by atoms with E-state index < -0.39 is 53.3 Å². The third kappa shape index (κ3) is 2.58. The third-order valence-electron chi connectivity index (χ3n) is 6.77. The number of hydrogen-bond acceptors (Lipinski definition) is 8. The van der Waals surface area contributed by atoms with E-state index in [-0.39, 0.29) is 30.3 Å². The number of methoxy groups -OCH3 is 1. The first-order valence-electron chi connectivity index (χ1n) is 9.69. The van der Waals surface area contributed by atoms with E-state index in [9.17, 15) is 14.7 Å². The van der Waals surface area contributed by atoms with Gasteiger partial charge >= 0.3 is 11.9 Å². The minimum Gasteiger partial charge on any atom is -0.461 e. The van der Waals surface area contributed by atoms with Gasteiger partial charge in [0.25, 0.3) is 0 Å². The summed E-state index contributed by atoms with van der Waals surface area (Å²) in [7, 11) is 1.55. The Labute approximate surface area is 164 Å². The standard InChI is InChI=1S/C20H28O8/c1-9(2)16(21)25-11-7-18(4)12(24-6)8-20(23,28-18)19(5)15(27-19)14-13(11)10(3)17(22)26-14/h9,11-15,23H,3,7-8H2,1-2,4-6H3/t11-,12-,13+,14+,15-,18-,19-,20-/m1/s1. The van der Waals surface area contributed by atoms with Crippen molar-refractivity contribution < 1.29 is 38.4 Å². The van der Waals surface area contributed by atoms with Gasteiger partial charge in [-0.1, -0.05) is 20.4 Å². The summed E-state index contributed by atoms with van der Waals surface area (Å²) in [5, 5.41) is 11.3. The number of esters is 2. The Hall–Kier alpha value is -1.48. The number of rotatable bonds is 3. The summed E-state index contributed by atoms with van der Waals surface area (Å²) in [4.78, 5) is 24.7. The highest BCUT2D eigenvalue weighted by Gasteiger charge is 2.77. The summed E-state index contributed by atoms with van der Waals surface area (Å²) in [5.41, 5.74) is -1.77. The first kappa shape index (κ1) is 19.8. The fourth-order valence-corrected chi connectivity index (χ4v) is 4.91. The van der Waals surface area contributed by atoms with E-state index in [1.165, 1.54) is 0 Å². The lowest BCUT2D eigenvalue weighted by atomic mass is 9.77.